The summed E-state index contributed by atoms with van der Waals surface area (Å²) in [6, 6.07) is 17.9. The summed E-state index contributed by atoms with van der Waals surface area (Å²) in [6.45, 7) is 2.57. The number of aryl methyl sites for hydroxylation is 1. The minimum atomic E-state index is 0.390. The number of nitrogens with zero attached hydrogens (tertiary/aromatic N) is 3. The van der Waals surface area contributed by atoms with Crippen LogP contribution in [0.4, 0.5) is 5.82 Å². The molecule has 0 radical (unpaired) electrons. The summed E-state index contributed by atoms with van der Waals surface area (Å²) in [4.78, 5) is 0. The van der Waals surface area contributed by atoms with E-state index in [9.17, 15) is 5.26 Å². The molecule has 3 rings (SSSR count). The fourth-order valence-electron chi connectivity index (χ4n) is 2.70. The Bertz CT molecular complexity index is 921. The van der Waals surface area contributed by atoms with Crippen LogP contribution in [-0.2, 0) is 13.0 Å². The summed E-state index contributed by atoms with van der Waals surface area (Å²) >= 11 is 6.21. The van der Waals surface area contributed by atoms with Crippen LogP contribution >= 0.6 is 11.6 Å². The molecule has 4 nitrogen and oxygen atoms in total. The molecule has 0 aliphatic heterocycles. The highest BCUT2D eigenvalue weighted by Crippen LogP contribution is 2.23. The molecule has 0 saturated heterocycles. The van der Waals surface area contributed by atoms with Crippen molar-refractivity contribution in [2.75, 3.05) is 5.73 Å². The molecule has 0 spiro atoms. The SMILES string of the molecule is Cc1cccc(Cn2nc(Cc3ccccc3Cl)c(C#N)c2N)c1. The van der Waals surface area contributed by atoms with Gasteiger partial charge < -0.3 is 5.73 Å². The Morgan fingerprint density at radius 1 is 1.21 bits per heavy atom. The van der Waals surface area contributed by atoms with Crippen molar-refractivity contribution in [3.8, 4) is 6.07 Å². The van der Waals surface area contributed by atoms with Crippen LogP contribution in [0.2, 0.25) is 5.02 Å². The fourth-order valence-corrected chi connectivity index (χ4v) is 2.90. The van der Waals surface area contributed by atoms with E-state index in [0.29, 0.717) is 35.1 Å². The minimum Gasteiger partial charge on any atom is -0.383 e. The molecule has 1 heterocycles. The van der Waals surface area contributed by atoms with Crippen molar-refractivity contribution in [2.24, 2.45) is 0 Å². The molecule has 5 heteroatoms. The van der Waals surface area contributed by atoms with E-state index < -0.39 is 0 Å². The molecule has 2 N–H and O–H groups in total. The van der Waals surface area contributed by atoms with Gasteiger partial charge in [0.05, 0.1) is 12.2 Å². The first-order valence-corrected chi connectivity index (χ1v) is 8.00. The molecule has 0 saturated carbocycles. The highest BCUT2D eigenvalue weighted by molar-refractivity contribution is 6.31. The van der Waals surface area contributed by atoms with Gasteiger partial charge in [0.15, 0.2) is 0 Å². The van der Waals surface area contributed by atoms with Crippen LogP contribution in [0.25, 0.3) is 0 Å². The Morgan fingerprint density at radius 2 is 2.00 bits per heavy atom. The number of halogens is 1. The zero-order valence-electron chi connectivity index (χ0n) is 13.3. The summed E-state index contributed by atoms with van der Waals surface area (Å²) in [6.07, 6.45) is 0.480. The Hall–Kier alpha value is -2.77. The van der Waals surface area contributed by atoms with Crippen molar-refractivity contribution in [3.05, 3.63) is 81.5 Å². The van der Waals surface area contributed by atoms with E-state index >= 15 is 0 Å². The summed E-state index contributed by atoms with van der Waals surface area (Å²) in [5, 5.41) is 14.7. The molecule has 1 aromatic heterocycles. The van der Waals surface area contributed by atoms with Crippen molar-refractivity contribution < 1.29 is 0 Å². The number of aromatic nitrogens is 2. The van der Waals surface area contributed by atoms with Crippen molar-refractivity contribution in [1.82, 2.24) is 9.78 Å². The zero-order chi connectivity index (χ0) is 17.1. The van der Waals surface area contributed by atoms with Crippen LogP contribution in [0.1, 0.15) is 27.9 Å². The van der Waals surface area contributed by atoms with E-state index in [1.54, 1.807) is 4.68 Å². The number of nitrogens with two attached hydrogens (primary N) is 1. The largest absolute Gasteiger partial charge is 0.383 e. The molecule has 0 fully saturated rings. The lowest BCUT2D eigenvalue weighted by Crippen LogP contribution is -2.06. The predicted octanol–water partition coefficient (Wildman–Crippen LogP) is 3.94. The first-order chi connectivity index (χ1) is 11.6. The van der Waals surface area contributed by atoms with Gasteiger partial charge in [0.2, 0.25) is 0 Å². The summed E-state index contributed by atoms with van der Waals surface area (Å²) in [5.41, 5.74) is 10.4. The van der Waals surface area contributed by atoms with Crippen molar-refractivity contribution in [1.29, 1.82) is 5.26 Å². The smallest absolute Gasteiger partial charge is 0.140 e. The lowest BCUT2D eigenvalue weighted by molar-refractivity contribution is 0.684. The number of rotatable bonds is 4. The second kappa shape index (κ2) is 6.77. The third kappa shape index (κ3) is 3.27. The average molecular weight is 337 g/mol. The van der Waals surface area contributed by atoms with E-state index in [1.807, 2.05) is 49.4 Å². The number of nitriles is 1. The van der Waals surface area contributed by atoms with Crippen LogP contribution in [0, 0.1) is 18.3 Å². The molecule has 120 valence electrons. The molecule has 2 aromatic carbocycles. The third-order valence-corrected chi connectivity index (χ3v) is 4.28. The number of hydrogen-bond acceptors (Lipinski definition) is 3. The molecule has 0 aliphatic rings. The Balaban J connectivity index is 1.94. The lowest BCUT2D eigenvalue weighted by atomic mass is 10.1. The topological polar surface area (TPSA) is 67.6 Å². The average Bonchev–Trinajstić information content (AvgIpc) is 2.85. The predicted molar refractivity (Wildman–Crippen MR) is 95.9 cm³/mol. The summed E-state index contributed by atoms with van der Waals surface area (Å²) in [5.74, 6) is 0.390. The van der Waals surface area contributed by atoms with Gasteiger partial charge in [-0.3, -0.25) is 0 Å². The monoisotopic (exact) mass is 336 g/mol. The first-order valence-electron chi connectivity index (χ1n) is 7.62. The summed E-state index contributed by atoms with van der Waals surface area (Å²) < 4.78 is 1.68. The maximum absolute atomic E-state index is 9.45. The second-order valence-corrected chi connectivity index (χ2v) is 6.14. The van der Waals surface area contributed by atoms with E-state index in [1.165, 1.54) is 5.56 Å². The van der Waals surface area contributed by atoms with Crippen LogP contribution < -0.4 is 5.73 Å². The Morgan fingerprint density at radius 3 is 2.71 bits per heavy atom. The molecule has 0 aliphatic carbocycles. The van der Waals surface area contributed by atoms with Gasteiger partial charge in [-0.2, -0.15) is 10.4 Å². The van der Waals surface area contributed by atoms with Gasteiger partial charge in [-0.15, -0.1) is 0 Å². The molecule has 0 bridgehead atoms. The van der Waals surface area contributed by atoms with E-state index in [2.05, 4.69) is 17.2 Å². The van der Waals surface area contributed by atoms with Crippen molar-refractivity contribution >= 4 is 17.4 Å². The standard InChI is InChI=1S/C19H17ClN4/c1-13-5-4-6-14(9-13)12-24-19(22)16(11-21)18(23-24)10-15-7-2-3-8-17(15)20/h2-9H,10,12,22H2,1H3. The normalized spacial score (nSPS) is 10.5. The maximum Gasteiger partial charge on any atom is 0.140 e. The first kappa shape index (κ1) is 16.1. The van der Waals surface area contributed by atoms with Crippen LogP contribution in [0.5, 0.6) is 0 Å². The fraction of sp³-hybridized carbons (Fsp3) is 0.158. The molecule has 0 atom stereocenters. The van der Waals surface area contributed by atoms with Crippen LogP contribution in [0.3, 0.4) is 0 Å². The van der Waals surface area contributed by atoms with E-state index in [-0.39, 0.29) is 0 Å². The number of anilines is 1. The molecule has 0 amide bonds. The molecule has 24 heavy (non-hydrogen) atoms. The minimum absolute atomic E-state index is 0.390. The van der Waals surface area contributed by atoms with Crippen LogP contribution in [-0.4, -0.2) is 9.78 Å². The van der Waals surface area contributed by atoms with Crippen molar-refractivity contribution in [2.45, 2.75) is 19.9 Å². The quantitative estimate of drug-likeness (QED) is 0.784. The Kier molecular flexibility index (Phi) is 4.54. The Labute approximate surface area is 146 Å². The highest BCUT2D eigenvalue weighted by atomic mass is 35.5. The molecule has 0 unspecified atom stereocenters. The summed E-state index contributed by atoms with van der Waals surface area (Å²) in [7, 11) is 0. The van der Waals surface area contributed by atoms with E-state index in [0.717, 1.165) is 11.1 Å². The maximum atomic E-state index is 9.45. The van der Waals surface area contributed by atoms with Gasteiger partial charge in [-0.25, -0.2) is 4.68 Å². The van der Waals surface area contributed by atoms with E-state index in [4.69, 9.17) is 17.3 Å². The second-order valence-electron chi connectivity index (χ2n) is 5.73. The molecule has 3 aromatic rings. The lowest BCUT2D eigenvalue weighted by Gasteiger charge is -2.05. The third-order valence-electron chi connectivity index (χ3n) is 3.91. The van der Waals surface area contributed by atoms with Crippen molar-refractivity contribution in [3.63, 3.8) is 0 Å². The molecular weight excluding hydrogens is 320 g/mol. The molecular formula is C19H17ClN4. The highest BCUT2D eigenvalue weighted by Gasteiger charge is 2.17. The van der Waals surface area contributed by atoms with Gasteiger partial charge in [0, 0.05) is 11.4 Å². The van der Waals surface area contributed by atoms with Crippen LogP contribution in [0.15, 0.2) is 48.5 Å². The number of hydrogen-bond donors (Lipinski definition) is 1. The van der Waals surface area contributed by atoms with Gasteiger partial charge in [0.1, 0.15) is 17.5 Å². The number of benzene rings is 2. The van der Waals surface area contributed by atoms with Gasteiger partial charge in [-0.05, 0) is 24.1 Å². The zero-order valence-corrected chi connectivity index (χ0v) is 14.1. The van der Waals surface area contributed by atoms with Gasteiger partial charge >= 0.3 is 0 Å². The number of nitrogen functional groups attached to an aromatic ring is 1. The van der Waals surface area contributed by atoms with Gasteiger partial charge in [0.25, 0.3) is 0 Å². The van der Waals surface area contributed by atoms with Gasteiger partial charge in [-0.1, -0.05) is 59.6 Å².